The minimum atomic E-state index is -3.42. The summed E-state index contributed by atoms with van der Waals surface area (Å²) in [6.07, 6.45) is 2.19. The van der Waals surface area contributed by atoms with E-state index >= 15 is 0 Å². The minimum absolute atomic E-state index is 0.204. The van der Waals surface area contributed by atoms with Gasteiger partial charge in [0.15, 0.2) is 0 Å². The molecule has 0 bridgehead atoms. The maximum Gasteiger partial charge on any atom is 0.243 e. The van der Waals surface area contributed by atoms with Gasteiger partial charge in [-0.25, -0.2) is 13.4 Å². The van der Waals surface area contributed by atoms with Crippen LogP contribution in [0.1, 0.15) is 20.3 Å². The van der Waals surface area contributed by atoms with Crippen LogP contribution < -0.4 is 5.73 Å². The molecule has 0 spiro atoms. The fourth-order valence-electron chi connectivity index (χ4n) is 1.44. The van der Waals surface area contributed by atoms with E-state index in [0.29, 0.717) is 13.1 Å². The average Bonchev–Trinajstić information content (AvgIpc) is 2.25. The number of hydrogen-bond acceptors (Lipinski definition) is 4. The van der Waals surface area contributed by atoms with Crippen molar-refractivity contribution in [1.29, 1.82) is 0 Å². The number of aromatic nitrogens is 1. The molecule has 0 amide bonds. The number of nitrogens with two attached hydrogens (primary N) is 1. The Kier molecular flexibility index (Phi) is 4.26. The van der Waals surface area contributed by atoms with Crippen LogP contribution in [0, 0.1) is 0 Å². The standard InChI is InChI=1S/C10H17N3O2S/c1-3-7-13(4-2)16(14,15)9-5-6-12-10(11)8-9/h5-6,8H,3-4,7H2,1-2H3,(H2,11,12). The van der Waals surface area contributed by atoms with Crippen molar-refractivity contribution in [2.75, 3.05) is 18.8 Å². The predicted octanol–water partition coefficient (Wildman–Crippen LogP) is 1.08. The van der Waals surface area contributed by atoms with Crippen molar-refractivity contribution < 1.29 is 8.42 Å². The number of anilines is 1. The summed E-state index contributed by atoms with van der Waals surface area (Å²) in [6.45, 7) is 4.73. The van der Waals surface area contributed by atoms with Crippen molar-refractivity contribution in [3.05, 3.63) is 18.3 Å². The summed E-state index contributed by atoms with van der Waals surface area (Å²) in [5.74, 6) is 0.216. The van der Waals surface area contributed by atoms with E-state index < -0.39 is 10.0 Å². The third-order valence-electron chi connectivity index (χ3n) is 2.22. The molecule has 2 N–H and O–H groups in total. The largest absolute Gasteiger partial charge is 0.384 e. The molecule has 0 saturated heterocycles. The Balaban J connectivity index is 3.09. The zero-order chi connectivity index (χ0) is 12.2. The Bertz CT molecular complexity index is 445. The summed E-state index contributed by atoms with van der Waals surface area (Å²) >= 11 is 0. The molecule has 90 valence electrons. The maximum absolute atomic E-state index is 12.1. The molecule has 1 rings (SSSR count). The van der Waals surface area contributed by atoms with E-state index in [0.717, 1.165) is 6.42 Å². The normalized spacial score (nSPS) is 11.9. The highest BCUT2D eigenvalue weighted by atomic mass is 32.2. The molecule has 16 heavy (non-hydrogen) atoms. The molecular weight excluding hydrogens is 226 g/mol. The fourth-order valence-corrected chi connectivity index (χ4v) is 3.00. The third kappa shape index (κ3) is 2.70. The first-order valence-corrected chi connectivity index (χ1v) is 6.68. The average molecular weight is 243 g/mol. The van der Waals surface area contributed by atoms with Crippen LogP contribution in [-0.2, 0) is 10.0 Å². The van der Waals surface area contributed by atoms with Crippen LogP contribution in [0.2, 0.25) is 0 Å². The van der Waals surface area contributed by atoms with Crippen LogP contribution in [0.25, 0.3) is 0 Å². The van der Waals surface area contributed by atoms with Crippen LogP contribution in [-0.4, -0.2) is 30.8 Å². The lowest BCUT2D eigenvalue weighted by atomic mass is 10.5. The van der Waals surface area contributed by atoms with Gasteiger partial charge in [0, 0.05) is 25.4 Å². The molecule has 0 fully saturated rings. The first kappa shape index (κ1) is 12.9. The first-order chi connectivity index (χ1) is 7.52. The van der Waals surface area contributed by atoms with E-state index in [1.54, 1.807) is 0 Å². The molecule has 0 aromatic carbocycles. The van der Waals surface area contributed by atoms with Crippen molar-refractivity contribution in [3.8, 4) is 0 Å². The van der Waals surface area contributed by atoms with Gasteiger partial charge < -0.3 is 5.73 Å². The van der Waals surface area contributed by atoms with Crippen molar-refractivity contribution in [1.82, 2.24) is 9.29 Å². The van der Waals surface area contributed by atoms with Gasteiger partial charge in [-0.2, -0.15) is 4.31 Å². The number of rotatable bonds is 5. The van der Waals surface area contributed by atoms with Gasteiger partial charge in [0.2, 0.25) is 10.0 Å². The molecule has 0 saturated carbocycles. The number of nitrogen functional groups attached to an aromatic ring is 1. The molecule has 5 nitrogen and oxygen atoms in total. The lowest BCUT2D eigenvalue weighted by Crippen LogP contribution is -2.31. The molecular formula is C10H17N3O2S. The van der Waals surface area contributed by atoms with E-state index in [-0.39, 0.29) is 10.7 Å². The summed E-state index contributed by atoms with van der Waals surface area (Å²) in [5.41, 5.74) is 5.48. The first-order valence-electron chi connectivity index (χ1n) is 5.24. The van der Waals surface area contributed by atoms with Crippen molar-refractivity contribution in [3.63, 3.8) is 0 Å². The second-order valence-corrected chi connectivity index (χ2v) is 5.35. The van der Waals surface area contributed by atoms with Gasteiger partial charge in [-0.3, -0.25) is 0 Å². The quantitative estimate of drug-likeness (QED) is 0.839. The van der Waals surface area contributed by atoms with Gasteiger partial charge >= 0.3 is 0 Å². The maximum atomic E-state index is 12.1. The Morgan fingerprint density at radius 2 is 2.12 bits per heavy atom. The Hall–Kier alpha value is -1.14. The van der Waals surface area contributed by atoms with E-state index in [2.05, 4.69) is 4.98 Å². The highest BCUT2D eigenvalue weighted by Gasteiger charge is 2.22. The number of sulfonamides is 1. The Morgan fingerprint density at radius 1 is 1.44 bits per heavy atom. The van der Waals surface area contributed by atoms with Crippen molar-refractivity contribution >= 4 is 15.8 Å². The van der Waals surface area contributed by atoms with E-state index in [1.807, 2.05) is 13.8 Å². The highest BCUT2D eigenvalue weighted by Crippen LogP contribution is 2.16. The summed E-state index contributed by atoms with van der Waals surface area (Å²) in [5, 5.41) is 0. The SMILES string of the molecule is CCCN(CC)S(=O)(=O)c1ccnc(N)c1. The van der Waals surface area contributed by atoms with Crippen LogP contribution in [0.15, 0.2) is 23.2 Å². The van der Waals surface area contributed by atoms with Crippen LogP contribution in [0.4, 0.5) is 5.82 Å². The second kappa shape index (κ2) is 5.27. The van der Waals surface area contributed by atoms with Gasteiger partial charge in [-0.05, 0) is 12.5 Å². The van der Waals surface area contributed by atoms with Gasteiger partial charge in [0.1, 0.15) is 5.82 Å². The fraction of sp³-hybridized carbons (Fsp3) is 0.500. The van der Waals surface area contributed by atoms with E-state index in [9.17, 15) is 8.42 Å². The van der Waals surface area contributed by atoms with Gasteiger partial charge in [0.05, 0.1) is 4.90 Å². The molecule has 0 aliphatic rings. The molecule has 6 heteroatoms. The number of pyridine rings is 1. The molecule has 0 unspecified atom stereocenters. The smallest absolute Gasteiger partial charge is 0.243 e. The van der Waals surface area contributed by atoms with Crippen LogP contribution in [0.3, 0.4) is 0 Å². The monoisotopic (exact) mass is 243 g/mol. The van der Waals surface area contributed by atoms with Gasteiger partial charge in [-0.15, -0.1) is 0 Å². The Labute approximate surface area is 96.3 Å². The van der Waals surface area contributed by atoms with Gasteiger partial charge in [0.25, 0.3) is 0 Å². The lowest BCUT2D eigenvalue weighted by Gasteiger charge is -2.19. The predicted molar refractivity (Wildman–Crippen MR) is 63.4 cm³/mol. The third-order valence-corrected chi connectivity index (χ3v) is 4.19. The summed E-state index contributed by atoms with van der Waals surface area (Å²) in [7, 11) is -3.42. The highest BCUT2D eigenvalue weighted by molar-refractivity contribution is 7.89. The van der Waals surface area contributed by atoms with Crippen LogP contribution >= 0.6 is 0 Å². The van der Waals surface area contributed by atoms with Crippen molar-refractivity contribution in [2.24, 2.45) is 0 Å². The zero-order valence-electron chi connectivity index (χ0n) is 9.55. The zero-order valence-corrected chi connectivity index (χ0v) is 10.4. The van der Waals surface area contributed by atoms with E-state index in [4.69, 9.17) is 5.73 Å². The summed E-state index contributed by atoms with van der Waals surface area (Å²) < 4.78 is 25.7. The topological polar surface area (TPSA) is 76.3 Å². The van der Waals surface area contributed by atoms with Gasteiger partial charge in [-0.1, -0.05) is 13.8 Å². The van der Waals surface area contributed by atoms with Crippen LogP contribution in [0.5, 0.6) is 0 Å². The molecule has 1 aromatic heterocycles. The molecule has 1 heterocycles. The van der Waals surface area contributed by atoms with E-state index in [1.165, 1.54) is 22.6 Å². The lowest BCUT2D eigenvalue weighted by molar-refractivity contribution is 0.427. The molecule has 1 aromatic rings. The molecule has 0 radical (unpaired) electrons. The minimum Gasteiger partial charge on any atom is -0.384 e. The number of nitrogens with zero attached hydrogens (tertiary/aromatic N) is 2. The second-order valence-electron chi connectivity index (χ2n) is 3.41. The van der Waals surface area contributed by atoms with Crippen molar-refractivity contribution in [2.45, 2.75) is 25.2 Å². The molecule has 0 aliphatic heterocycles. The molecule has 0 aliphatic carbocycles. The number of hydrogen-bond donors (Lipinski definition) is 1. The summed E-state index contributed by atoms with van der Waals surface area (Å²) in [4.78, 5) is 3.98. The summed E-state index contributed by atoms with van der Waals surface area (Å²) in [6, 6.07) is 2.84. The Morgan fingerprint density at radius 3 is 2.62 bits per heavy atom. The molecule has 0 atom stereocenters.